The van der Waals surface area contributed by atoms with Gasteiger partial charge in [0.1, 0.15) is 0 Å². The summed E-state index contributed by atoms with van der Waals surface area (Å²) in [4.78, 5) is 2.45. The Labute approximate surface area is 369 Å². The van der Waals surface area contributed by atoms with Crippen LogP contribution in [0.25, 0.3) is 88.3 Å². The van der Waals surface area contributed by atoms with Crippen molar-refractivity contribution in [1.82, 2.24) is 0 Å². The third-order valence-electron chi connectivity index (χ3n) is 12.3. The van der Waals surface area contributed by atoms with Crippen molar-refractivity contribution in [3.05, 3.63) is 261 Å². The highest BCUT2D eigenvalue weighted by Gasteiger charge is 2.24. The number of benzene rings is 11. The first kappa shape index (κ1) is 37.7. The third-order valence-corrected chi connectivity index (χ3v) is 12.3. The standard InChI is InChI=1S/C62H43N/c1-4-18-44(19-5-1)46-34-38-52(39-35-46)63(53-40-36-47(37-41-53)50-26-16-25-49(42-50)45-20-6-2-7-21-45)61-33-17-32-59(57-30-13-12-27-54(57)48-22-8-3-9-23-48)62(61)60-43-51-24-10-11-28-55(51)56-29-14-15-31-58(56)60/h1-43H. The van der Waals surface area contributed by atoms with Crippen LogP contribution < -0.4 is 4.90 Å². The van der Waals surface area contributed by atoms with Crippen LogP contribution >= 0.6 is 0 Å². The smallest absolute Gasteiger partial charge is 0.0546 e. The minimum Gasteiger partial charge on any atom is -0.310 e. The molecule has 1 nitrogen and oxygen atoms in total. The summed E-state index contributed by atoms with van der Waals surface area (Å²) >= 11 is 0. The fourth-order valence-electron chi connectivity index (χ4n) is 9.26. The fraction of sp³-hybridized carbons (Fsp3) is 0. The molecule has 0 aliphatic heterocycles. The van der Waals surface area contributed by atoms with Crippen LogP contribution in [0.15, 0.2) is 261 Å². The largest absolute Gasteiger partial charge is 0.310 e. The van der Waals surface area contributed by atoms with Gasteiger partial charge in [0, 0.05) is 16.9 Å². The lowest BCUT2D eigenvalue weighted by molar-refractivity contribution is 1.28. The molecule has 0 radical (unpaired) electrons. The van der Waals surface area contributed by atoms with Crippen molar-refractivity contribution in [2.75, 3.05) is 4.90 Å². The molecule has 296 valence electrons. The van der Waals surface area contributed by atoms with Gasteiger partial charge >= 0.3 is 0 Å². The van der Waals surface area contributed by atoms with Gasteiger partial charge in [-0.3, -0.25) is 0 Å². The number of hydrogen-bond acceptors (Lipinski definition) is 1. The van der Waals surface area contributed by atoms with E-state index in [9.17, 15) is 0 Å². The molecule has 0 bridgehead atoms. The van der Waals surface area contributed by atoms with E-state index in [2.05, 4.69) is 266 Å². The van der Waals surface area contributed by atoms with Gasteiger partial charge in [-0.25, -0.2) is 0 Å². The Balaban J connectivity index is 1.16. The first-order chi connectivity index (χ1) is 31.3. The summed E-state index contributed by atoms with van der Waals surface area (Å²) in [6.45, 7) is 0. The molecule has 11 rings (SSSR count). The quantitative estimate of drug-likeness (QED) is 0.131. The highest BCUT2D eigenvalue weighted by atomic mass is 15.1. The molecule has 0 fully saturated rings. The highest BCUT2D eigenvalue weighted by Crippen LogP contribution is 2.50. The van der Waals surface area contributed by atoms with Crippen molar-refractivity contribution >= 4 is 38.6 Å². The minimum atomic E-state index is 1.07. The molecule has 0 saturated carbocycles. The number of hydrogen-bond donors (Lipinski definition) is 0. The second-order valence-corrected chi connectivity index (χ2v) is 16.0. The van der Waals surface area contributed by atoms with E-state index in [0.717, 1.165) is 17.1 Å². The number of fused-ring (bicyclic) bond motifs is 3. The van der Waals surface area contributed by atoms with Gasteiger partial charge in [0.05, 0.1) is 5.69 Å². The van der Waals surface area contributed by atoms with Gasteiger partial charge in [-0.1, -0.05) is 218 Å². The fourth-order valence-corrected chi connectivity index (χ4v) is 9.26. The molecule has 0 atom stereocenters. The average Bonchev–Trinajstić information content (AvgIpc) is 3.37. The zero-order valence-electron chi connectivity index (χ0n) is 34.8. The molecule has 11 aromatic carbocycles. The monoisotopic (exact) mass is 801 g/mol. The Morgan fingerprint density at radius 2 is 0.651 bits per heavy atom. The van der Waals surface area contributed by atoms with Crippen LogP contribution in [0.3, 0.4) is 0 Å². The zero-order valence-corrected chi connectivity index (χ0v) is 34.8. The van der Waals surface area contributed by atoms with E-state index in [1.807, 2.05) is 0 Å². The van der Waals surface area contributed by atoms with E-state index in [1.165, 1.54) is 88.3 Å². The number of nitrogens with zero attached hydrogens (tertiary/aromatic N) is 1. The Morgan fingerprint density at radius 3 is 1.29 bits per heavy atom. The van der Waals surface area contributed by atoms with E-state index < -0.39 is 0 Å². The lowest BCUT2D eigenvalue weighted by Crippen LogP contribution is -2.12. The predicted octanol–water partition coefficient (Wildman–Crippen LogP) is 17.5. The SMILES string of the molecule is c1ccc(-c2ccc(N(c3ccc(-c4cccc(-c5ccccc5)c4)cc3)c3cccc(-c4ccccc4-c4ccccc4)c3-c3cc4ccccc4c4ccccc34)cc2)cc1. The molecule has 0 heterocycles. The summed E-state index contributed by atoms with van der Waals surface area (Å²) < 4.78 is 0. The Kier molecular flexibility index (Phi) is 9.97. The second-order valence-electron chi connectivity index (χ2n) is 16.0. The van der Waals surface area contributed by atoms with Gasteiger partial charge in [-0.2, -0.15) is 0 Å². The molecular formula is C62H43N. The van der Waals surface area contributed by atoms with Crippen LogP contribution in [0.5, 0.6) is 0 Å². The van der Waals surface area contributed by atoms with Crippen LogP contribution in [0.1, 0.15) is 0 Å². The Hall–Kier alpha value is -8.26. The van der Waals surface area contributed by atoms with Crippen molar-refractivity contribution in [2.24, 2.45) is 0 Å². The van der Waals surface area contributed by atoms with Crippen LogP contribution in [-0.2, 0) is 0 Å². The van der Waals surface area contributed by atoms with Crippen molar-refractivity contribution in [2.45, 2.75) is 0 Å². The maximum absolute atomic E-state index is 2.45. The van der Waals surface area contributed by atoms with Crippen LogP contribution in [0, 0.1) is 0 Å². The maximum Gasteiger partial charge on any atom is 0.0546 e. The van der Waals surface area contributed by atoms with E-state index in [0.29, 0.717) is 0 Å². The topological polar surface area (TPSA) is 3.24 Å². The molecule has 0 aliphatic carbocycles. The molecule has 11 aromatic rings. The summed E-state index contributed by atoms with van der Waals surface area (Å²) in [7, 11) is 0. The van der Waals surface area contributed by atoms with Gasteiger partial charge in [0.15, 0.2) is 0 Å². The summed E-state index contributed by atoms with van der Waals surface area (Å²) in [6, 6.07) is 94.8. The lowest BCUT2D eigenvalue weighted by atomic mass is 9.85. The van der Waals surface area contributed by atoms with Gasteiger partial charge in [0.25, 0.3) is 0 Å². The summed E-state index contributed by atoms with van der Waals surface area (Å²) in [5.41, 5.74) is 17.5. The summed E-state index contributed by atoms with van der Waals surface area (Å²) in [5.74, 6) is 0. The first-order valence-electron chi connectivity index (χ1n) is 21.7. The van der Waals surface area contributed by atoms with Gasteiger partial charge in [-0.15, -0.1) is 0 Å². The molecular weight excluding hydrogens is 759 g/mol. The summed E-state index contributed by atoms with van der Waals surface area (Å²) in [6.07, 6.45) is 0. The van der Waals surface area contributed by atoms with Crippen molar-refractivity contribution < 1.29 is 0 Å². The zero-order chi connectivity index (χ0) is 42.0. The van der Waals surface area contributed by atoms with Crippen LogP contribution in [0.2, 0.25) is 0 Å². The van der Waals surface area contributed by atoms with Gasteiger partial charge < -0.3 is 4.90 Å². The molecule has 0 saturated heterocycles. The number of anilines is 3. The van der Waals surface area contributed by atoms with Crippen LogP contribution in [0.4, 0.5) is 17.1 Å². The molecule has 0 amide bonds. The predicted molar refractivity (Wildman–Crippen MR) is 269 cm³/mol. The van der Waals surface area contributed by atoms with Crippen molar-refractivity contribution in [1.29, 1.82) is 0 Å². The van der Waals surface area contributed by atoms with Gasteiger partial charge in [-0.05, 0) is 125 Å². The number of rotatable bonds is 9. The molecule has 0 N–H and O–H groups in total. The highest BCUT2D eigenvalue weighted by molar-refractivity contribution is 6.17. The van der Waals surface area contributed by atoms with E-state index >= 15 is 0 Å². The molecule has 1 heteroatoms. The van der Waals surface area contributed by atoms with E-state index in [-0.39, 0.29) is 0 Å². The molecule has 0 aliphatic rings. The molecule has 63 heavy (non-hydrogen) atoms. The van der Waals surface area contributed by atoms with Crippen molar-refractivity contribution in [3.63, 3.8) is 0 Å². The first-order valence-corrected chi connectivity index (χ1v) is 21.7. The lowest BCUT2D eigenvalue weighted by Gasteiger charge is -2.30. The normalized spacial score (nSPS) is 11.2. The molecule has 0 spiro atoms. The Morgan fingerprint density at radius 1 is 0.222 bits per heavy atom. The summed E-state index contributed by atoms with van der Waals surface area (Å²) in [5, 5.41) is 4.92. The minimum absolute atomic E-state index is 1.07. The van der Waals surface area contributed by atoms with Gasteiger partial charge in [0.2, 0.25) is 0 Å². The second kappa shape index (κ2) is 16.7. The van der Waals surface area contributed by atoms with E-state index in [4.69, 9.17) is 0 Å². The van der Waals surface area contributed by atoms with E-state index in [1.54, 1.807) is 0 Å². The third kappa shape index (κ3) is 7.26. The average molecular weight is 802 g/mol. The van der Waals surface area contributed by atoms with Crippen LogP contribution in [-0.4, -0.2) is 0 Å². The maximum atomic E-state index is 2.45. The van der Waals surface area contributed by atoms with Crippen molar-refractivity contribution in [3.8, 4) is 66.8 Å². The Bertz CT molecular complexity index is 3350. The molecule has 0 unspecified atom stereocenters. The molecule has 0 aromatic heterocycles.